The van der Waals surface area contributed by atoms with Gasteiger partial charge in [0.25, 0.3) is 0 Å². The molecule has 0 radical (unpaired) electrons. The Balaban J connectivity index is 1.75. The van der Waals surface area contributed by atoms with Crippen LogP contribution in [-0.4, -0.2) is 40.4 Å². The number of amides is 1. The van der Waals surface area contributed by atoms with Gasteiger partial charge in [-0.3, -0.25) is 9.69 Å². The number of carbonyl (C=O) groups is 2. The number of thioether (sulfide) groups is 1. The largest absolute Gasteiger partial charge is 0.490 e. The van der Waals surface area contributed by atoms with E-state index in [-0.39, 0.29) is 17.8 Å². The summed E-state index contributed by atoms with van der Waals surface area (Å²) in [5, 5.41) is 0.369. The summed E-state index contributed by atoms with van der Waals surface area (Å²) in [4.78, 5) is 33.1. The molecule has 184 valence electrons. The van der Waals surface area contributed by atoms with Crippen molar-refractivity contribution in [3.05, 3.63) is 70.9 Å². The van der Waals surface area contributed by atoms with Gasteiger partial charge in [-0.2, -0.15) is 0 Å². The topological polar surface area (TPSA) is 77.4 Å². The minimum Gasteiger partial charge on any atom is -0.490 e. The van der Waals surface area contributed by atoms with Crippen molar-refractivity contribution in [2.24, 2.45) is 4.99 Å². The first-order valence-corrected chi connectivity index (χ1v) is 12.8. The van der Waals surface area contributed by atoms with Crippen molar-refractivity contribution in [2.75, 3.05) is 13.2 Å². The van der Waals surface area contributed by atoms with Crippen LogP contribution in [0.1, 0.15) is 51.3 Å². The Hall–Kier alpha value is -3.26. The van der Waals surface area contributed by atoms with Crippen LogP contribution >= 0.6 is 11.8 Å². The quantitative estimate of drug-likeness (QED) is 0.442. The number of benzene rings is 2. The molecule has 0 aliphatic carbocycles. The highest BCUT2D eigenvalue weighted by atomic mass is 32.2. The number of esters is 1. The molecule has 2 heterocycles. The minimum absolute atomic E-state index is 0.0612. The second kappa shape index (κ2) is 11.0. The van der Waals surface area contributed by atoms with Crippen LogP contribution in [0.15, 0.2) is 64.8 Å². The number of fused-ring (bicyclic) bond motifs is 1. The van der Waals surface area contributed by atoms with Crippen LogP contribution in [-0.2, 0) is 20.9 Å². The highest BCUT2D eigenvalue weighted by Crippen LogP contribution is 2.45. The molecule has 2 aliphatic rings. The Morgan fingerprint density at radius 1 is 1.03 bits per heavy atom. The molecule has 1 saturated heterocycles. The summed E-state index contributed by atoms with van der Waals surface area (Å²) in [6.45, 7) is 8.66. The van der Waals surface area contributed by atoms with E-state index in [1.807, 2.05) is 69.3 Å². The summed E-state index contributed by atoms with van der Waals surface area (Å²) >= 11 is 1.44. The monoisotopic (exact) mass is 494 g/mol. The van der Waals surface area contributed by atoms with Gasteiger partial charge in [0.15, 0.2) is 16.7 Å². The lowest BCUT2D eigenvalue weighted by Gasteiger charge is -2.33. The Labute approximate surface area is 210 Å². The molecule has 1 fully saturated rings. The van der Waals surface area contributed by atoms with Gasteiger partial charge in [-0.25, -0.2) is 9.79 Å². The molecule has 0 saturated carbocycles. The molecule has 7 nitrogen and oxygen atoms in total. The van der Waals surface area contributed by atoms with Gasteiger partial charge in [0.2, 0.25) is 5.91 Å². The van der Waals surface area contributed by atoms with Gasteiger partial charge in [0.05, 0.1) is 35.8 Å². The lowest BCUT2D eigenvalue weighted by Crippen LogP contribution is -2.40. The van der Waals surface area contributed by atoms with E-state index in [2.05, 4.69) is 4.99 Å². The highest BCUT2D eigenvalue weighted by molar-refractivity contribution is 8.15. The zero-order valence-corrected chi connectivity index (χ0v) is 21.3. The number of allylic oxidation sites excluding steroid dienone is 1. The summed E-state index contributed by atoms with van der Waals surface area (Å²) in [5.41, 5.74) is 2.51. The van der Waals surface area contributed by atoms with E-state index in [1.165, 1.54) is 11.8 Å². The lowest BCUT2D eigenvalue weighted by molar-refractivity contribution is -0.141. The molecule has 2 aliphatic heterocycles. The van der Waals surface area contributed by atoms with E-state index in [0.717, 1.165) is 11.1 Å². The van der Waals surface area contributed by atoms with Gasteiger partial charge in [0, 0.05) is 0 Å². The van der Waals surface area contributed by atoms with E-state index in [0.29, 0.717) is 47.6 Å². The fraction of sp³-hybridized carbons (Fsp3) is 0.370. The normalized spacial score (nSPS) is 19.4. The van der Waals surface area contributed by atoms with Gasteiger partial charge >= 0.3 is 5.97 Å². The van der Waals surface area contributed by atoms with Gasteiger partial charge < -0.3 is 14.2 Å². The van der Waals surface area contributed by atoms with Crippen LogP contribution in [0.2, 0.25) is 0 Å². The van der Waals surface area contributed by atoms with Crippen LogP contribution < -0.4 is 9.47 Å². The van der Waals surface area contributed by atoms with Crippen molar-refractivity contribution in [1.82, 2.24) is 4.90 Å². The van der Waals surface area contributed by atoms with Gasteiger partial charge in [-0.15, -0.1) is 0 Å². The number of amidine groups is 1. The molecule has 2 aromatic rings. The summed E-state index contributed by atoms with van der Waals surface area (Å²) in [5.74, 6) is 0.625. The Bertz CT molecular complexity index is 1160. The van der Waals surface area contributed by atoms with Crippen molar-refractivity contribution in [3.8, 4) is 11.5 Å². The number of nitrogens with zero attached hydrogens (tertiary/aromatic N) is 2. The summed E-state index contributed by atoms with van der Waals surface area (Å²) < 4.78 is 17.3. The fourth-order valence-electron chi connectivity index (χ4n) is 4.20. The standard InChI is InChI=1S/C27H30N2O5S/c1-5-22-25(30)29-24(19-13-14-20(32-6-2)21(15-19)33-7-3)23(17(4)28-27(29)35-22)26(31)34-16-18-11-9-8-10-12-18/h8-15,22,24H,5-7,16H2,1-4H3/t22-,24-/m0/s1. The SMILES string of the molecule is CCOc1ccc([C@H]2C(C(=O)OCc3ccccc3)=C(C)N=C3S[C@@H](CC)C(=O)N32)cc1OCC. The van der Waals surface area contributed by atoms with Crippen molar-refractivity contribution < 1.29 is 23.8 Å². The first-order chi connectivity index (χ1) is 17.0. The van der Waals surface area contributed by atoms with Crippen LogP contribution in [0.5, 0.6) is 11.5 Å². The van der Waals surface area contributed by atoms with Gasteiger partial charge in [0.1, 0.15) is 6.61 Å². The summed E-state index contributed by atoms with van der Waals surface area (Å²) in [7, 11) is 0. The average Bonchev–Trinajstić information content (AvgIpc) is 3.18. The van der Waals surface area contributed by atoms with Crippen molar-refractivity contribution in [1.29, 1.82) is 0 Å². The van der Waals surface area contributed by atoms with Crippen molar-refractivity contribution >= 4 is 28.8 Å². The third kappa shape index (κ3) is 5.07. The summed E-state index contributed by atoms with van der Waals surface area (Å²) in [6.07, 6.45) is 0.673. The summed E-state index contributed by atoms with van der Waals surface area (Å²) in [6, 6.07) is 14.4. The molecule has 35 heavy (non-hydrogen) atoms. The van der Waals surface area contributed by atoms with Gasteiger partial charge in [-0.1, -0.05) is 55.1 Å². The predicted molar refractivity (Wildman–Crippen MR) is 136 cm³/mol. The molecule has 4 rings (SSSR count). The van der Waals surface area contributed by atoms with E-state index >= 15 is 0 Å². The smallest absolute Gasteiger partial charge is 0.338 e. The van der Waals surface area contributed by atoms with E-state index in [9.17, 15) is 9.59 Å². The maximum atomic E-state index is 13.4. The Kier molecular flexibility index (Phi) is 7.80. The minimum atomic E-state index is -0.669. The number of aliphatic imine (C=N–C) groups is 1. The average molecular weight is 495 g/mol. The third-order valence-corrected chi connectivity index (χ3v) is 7.16. The van der Waals surface area contributed by atoms with E-state index in [4.69, 9.17) is 14.2 Å². The van der Waals surface area contributed by atoms with Crippen molar-refractivity contribution in [2.45, 2.75) is 52.0 Å². The Morgan fingerprint density at radius 2 is 1.74 bits per heavy atom. The molecule has 0 N–H and O–H groups in total. The molecule has 0 spiro atoms. The van der Waals surface area contributed by atoms with Gasteiger partial charge in [-0.05, 0) is 50.5 Å². The molecule has 2 aromatic carbocycles. The van der Waals surface area contributed by atoms with Crippen LogP contribution in [0, 0.1) is 0 Å². The molecule has 0 bridgehead atoms. The zero-order valence-electron chi connectivity index (χ0n) is 20.4. The van der Waals surface area contributed by atoms with Crippen LogP contribution in [0.25, 0.3) is 0 Å². The first kappa shape index (κ1) is 24.9. The second-order valence-electron chi connectivity index (χ2n) is 8.15. The van der Waals surface area contributed by atoms with Crippen LogP contribution in [0.4, 0.5) is 0 Å². The van der Waals surface area contributed by atoms with Crippen LogP contribution in [0.3, 0.4) is 0 Å². The highest BCUT2D eigenvalue weighted by Gasteiger charge is 2.47. The second-order valence-corrected chi connectivity index (χ2v) is 9.32. The third-order valence-electron chi connectivity index (χ3n) is 5.84. The maximum absolute atomic E-state index is 13.4. The van der Waals surface area contributed by atoms with Crippen molar-refractivity contribution in [3.63, 3.8) is 0 Å². The molecule has 1 amide bonds. The zero-order chi connectivity index (χ0) is 24.9. The molecule has 0 aromatic heterocycles. The van der Waals surface area contributed by atoms with E-state index in [1.54, 1.807) is 11.8 Å². The molecule has 0 unspecified atom stereocenters. The molecule has 2 atom stereocenters. The number of carbonyl (C=O) groups excluding carboxylic acids is 2. The Morgan fingerprint density at radius 3 is 2.43 bits per heavy atom. The number of hydrogen-bond donors (Lipinski definition) is 0. The molecular formula is C27H30N2O5S. The lowest BCUT2D eigenvalue weighted by atomic mass is 9.93. The van der Waals surface area contributed by atoms with E-state index < -0.39 is 12.0 Å². The first-order valence-electron chi connectivity index (χ1n) is 11.9. The predicted octanol–water partition coefficient (Wildman–Crippen LogP) is 5.27. The molecular weight excluding hydrogens is 464 g/mol. The number of rotatable bonds is 9. The number of ether oxygens (including phenoxy) is 3. The fourth-order valence-corrected chi connectivity index (χ4v) is 5.34. The number of hydrogen-bond acceptors (Lipinski definition) is 7. The maximum Gasteiger partial charge on any atom is 0.338 e. The molecule has 8 heteroatoms.